The first-order valence-electron chi connectivity index (χ1n) is 8.50. The van der Waals surface area contributed by atoms with Crippen LogP contribution in [0, 0.1) is 22.7 Å². The van der Waals surface area contributed by atoms with Crippen molar-refractivity contribution >= 4 is 11.8 Å². The number of rotatable bonds is 2. The number of nitrogens with one attached hydrogen (secondary N) is 1. The van der Waals surface area contributed by atoms with Gasteiger partial charge in [-0.1, -0.05) is 32.4 Å². The van der Waals surface area contributed by atoms with E-state index < -0.39 is 0 Å². The molecule has 0 saturated heterocycles. The molecular weight excluding hydrogens is 274 g/mol. The molecule has 0 aromatic heterocycles. The van der Waals surface area contributed by atoms with Crippen molar-refractivity contribution in [2.45, 2.75) is 59.8 Å². The lowest BCUT2D eigenvalue weighted by Gasteiger charge is -2.58. The largest absolute Gasteiger partial charge is 0.289 e. The molecule has 3 aliphatic rings. The highest BCUT2D eigenvalue weighted by atomic mass is 16.2. The summed E-state index contributed by atoms with van der Waals surface area (Å²) >= 11 is 0. The van der Waals surface area contributed by atoms with Gasteiger partial charge >= 0.3 is 0 Å². The van der Waals surface area contributed by atoms with Crippen molar-refractivity contribution in [2.75, 3.05) is 0 Å². The Morgan fingerprint density at radius 1 is 1.27 bits per heavy atom. The summed E-state index contributed by atoms with van der Waals surface area (Å²) in [4.78, 5) is 23.5. The smallest absolute Gasteiger partial charge is 0.254 e. The lowest BCUT2D eigenvalue weighted by molar-refractivity contribution is -0.124. The number of fused-ring (bicyclic) bond motifs is 1. The van der Waals surface area contributed by atoms with Crippen molar-refractivity contribution in [2.24, 2.45) is 22.7 Å². The van der Waals surface area contributed by atoms with Gasteiger partial charge in [0, 0.05) is 11.6 Å². The lowest BCUT2D eigenvalue weighted by Crippen LogP contribution is -2.50. The van der Waals surface area contributed by atoms with Crippen LogP contribution in [0.5, 0.6) is 0 Å². The highest BCUT2D eigenvalue weighted by molar-refractivity contribution is 6.16. The van der Waals surface area contributed by atoms with Gasteiger partial charge in [0.05, 0.1) is 0 Å². The number of carbonyl (C=O) groups is 2. The maximum absolute atomic E-state index is 12.0. The summed E-state index contributed by atoms with van der Waals surface area (Å²) in [6, 6.07) is 0. The molecule has 0 unspecified atom stereocenters. The van der Waals surface area contributed by atoms with E-state index in [0.29, 0.717) is 17.4 Å². The first-order chi connectivity index (χ1) is 10.3. The number of hydrogen-bond acceptors (Lipinski definition) is 2. The third kappa shape index (κ3) is 2.17. The SMILES string of the molecule is CC1=CCC[C@H]2[C@](C)(CC3=CC(=O)NC3=O)[C@@H](C)CC[C@]12C. The number of hydrogen-bond donors (Lipinski definition) is 1. The zero-order valence-electron chi connectivity index (χ0n) is 14.2. The monoisotopic (exact) mass is 301 g/mol. The minimum absolute atomic E-state index is 0.0797. The van der Waals surface area contributed by atoms with Crippen LogP contribution in [0.15, 0.2) is 23.3 Å². The maximum atomic E-state index is 12.0. The summed E-state index contributed by atoms with van der Waals surface area (Å²) in [5.41, 5.74) is 2.52. The van der Waals surface area contributed by atoms with Crippen LogP contribution < -0.4 is 5.32 Å². The first-order valence-corrected chi connectivity index (χ1v) is 8.50. The highest BCUT2D eigenvalue weighted by Gasteiger charge is 2.53. The van der Waals surface area contributed by atoms with Gasteiger partial charge < -0.3 is 0 Å². The van der Waals surface area contributed by atoms with Crippen molar-refractivity contribution in [3.05, 3.63) is 23.3 Å². The van der Waals surface area contributed by atoms with E-state index in [1.54, 1.807) is 0 Å². The summed E-state index contributed by atoms with van der Waals surface area (Å²) in [7, 11) is 0. The molecule has 120 valence electrons. The van der Waals surface area contributed by atoms with Crippen LogP contribution in [0.2, 0.25) is 0 Å². The average Bonchev–Trinajstić information content (AvgIpc) is 2.75. The molecule has 0 radical (unpaired) electrons. The summed E-state index contributed by atoms with van der Waals surface area (Å²) in [5, 5.41) is 2.40. The van der Waals surface area contributed by atoms with Crippen LogP contribution in [-0.2, 0) is 9.59 Å². The van der Waals surface area contributed by atoms with E-state index in [0.717, 1.165) is 12.8 Å². The fourth-order valence-corrected chi connectivity index (χ4v) is 5.20. The van der Waals surface area contributed by atoms with Gasteiger partial charge in [0.15, 0.2) is 0 Å². The maximum Gasteiger partial charge on any atom is 0.254 e. The summed E-state index contributed by atoms with van der Waals surface area (Å²) in [5.74, 6) is 0.711. The van der Waals surface area contributed by atoms with Crippen molar-refractivity contribution in [1.29, 1.82) is 0 Å². The molecule has 1 N–H and O–H groups in total. The molecule has 4 atom stereocenters. The molecule has 0 aromatic carbocycles. The summed E-state index contributed by atoms with van der Waals surface area (Å²) in [6.45, 7) is 9.34. The van der Waals surface area contributed by atoms with Crippen LogP contribution in [0.3, 0.4) is 0 Å². The van der Waals surface area contributed by atoms with Crippen LogP contribution in [0.4, 0.5) is 0 Å². The normalized spacial score (nSPS) is 41.6. The highest BCUT2D eigenvalue weighted by Crippen LogP contribution is 2.62. The second-order valence-electron chi connectivity index (χ2n) is 8.04. The van der Waals surface area contributed by atoms with Gasteiger partial charge in [-0.05, 0) is 61.7 Å². The van der Waals surface area contributed by atoms with E-state index in [9.17, 15) is 9.59 Å². The topological polar surface area (TPSA) is 46.2 Å². The second kappa shape index (κ2) is 5.07. The van der Waals surface area contributed by atoms with Crippen LogP contribution in [0.1, 0.15) is 59.8 Å². The van der Waals surface area contributed by atoms with Gasteiger partial charge in [0.1, 0.15) is 0 Å². The fraction of sp³-hybridized carbons (Fsp3) is 0.684. The van der Waals surface area contributed by atoms with Gasteiger partial charge in [0.25, 0.3) is 11.8 Å². The number of amides is 2. The number of allylic oxidation sites excluding steroid dienone is 2. The molecule has 3 rings (SSSR count). The Balaban J connectivity index is 1.96. The molecule has 2 amide bonds. The molecule has 1 heterocycles. The average molecular weight is 301 g/mol. The van der Waals surface area contributed by atoms with E-state index >= 15 is 0 Å². The van der Waals surface area contributed by atoms with Gasteiger partial charge in [-0.2, -0.15) is 0 Å². The minimum atomic E-state index is -0.255. The molecule has 0 aromatic rings. The summed E-state index contributed by atoms with van der Waals surface area (Å²) < 4.78 is 0. The third-order valence-corrected chi connectivity index (χ3v) is 7.00. The predicted octanol–water partition coefficient (Wildman–Crippen LogP) is 3.76. The van der Waals surface area contributed by atoms with Gasteiger partial charge in [-0.25, -0.2) is 0 Å². The zero-order chi connectivity index (χ0) is 16.1. The molecule has 1 saturated carbocycles. The number of imide groups is 1. The van der Waals surface area contributed by atoms with Gasteiger partial charge in [-0.15, -0.1) is 0 Å². The molecule has 3 nitrogen and oxygen atoms in total. The molecule has 22 heavy (non-hydrogen) atoms. The molecule has 2 aliphatic carbocycles. The Hall–Kier alpha value is -1.38. The van der Waals surface area contributed by atoms with Gasteiger partial charge in [0.2, 0.25) is 0 Å². The van der Waals surface area contributed by atoms with Crippen molar-refractivity contribution in [3.63, 3.8) is 0 Å². The van der Waals surface area contributed by atoms with Crippen molar-refractivity contribution < 1.29 is 9.59 Å². The van der Waals surface area contributed by atoms with E-state index in [1.807, 2.05) is 0 Å². The molecule has 0 spiro atoms. The lowest BCUT2D eigenvalue weighted by atomic mass is 9.47. The van der Waals surface area contributed by atoms with E-state index in [1.165, 1.54) is 30.9 Å². The Bertz CT molecular complexity index is 588. The second-order valence-corrected chi connectivity index (χ2v) is 8.04. The quantitative estimate of drug-likeness (QED) is 0.623. The Morgan fingerprint density at radius 3 is 2.64 bits per heavy atom. The fourth-order valence-electron chi connectivity index (χ4n) is 5.20. The Morgan fingerprint density at radius 2 is 2.00 bits per heavy atom. The minimum Gasteiger partial charge on any atom is -0.289 e. The molecule has 3 heteroatoms. The third-order valence-electron chi connectivity index (χ3n) is 7.00. The van der Waals surface area contributed by atoms with Crippen LogP contribution in [0.25, 0.3) is 0 Å². The molecule has 1 aliphatic heterocycles. The van der Waals surface area contributed by atoms with Crippen LogP contribution in [-0.4, -0.2) is 11.8 Å². The van der Waals surface area contributed by atoms with E-state index in [-0.39, 0.29) is 22.6 Å². The standard InChI is InChI=1S/C19H27NO2/c1-12-6-5-7-15-18(12,3)9-8-13(2)19(15,4)11-14-10-16(21)20-17(14)22/h6,10,13,15H,5,7-9,11H2,1-4H3,(H,20,21,22)/t13-,15+,18+,19+/m0/s1. The molecular formula is C19H27NO2. The molecule has 0 bridgehead atoms. The Kier molecular flexibility index (Phi) is 3.58. The number of carbonyl (C=O) groups excluding carboxylic acids is 2. The first kappa shape index (κ1) is 15.5. The molecule has 1 fully saturated rings. The van der Waals surface area contributed by atoms with E-state index in [2.05, 4.69) is 39.1 Å². The van der Waals surface area contributed by atoms with Crippen molar-refractivity contribution in [3.8, 4) is 0 Å². The van der Waals surface area contributed by atoms with Crippen molar-refractivity contribution in [1.82, 2.24) is 5.32 Å². The predicted molar refractivity (Wildman–Crippen MR) is 86.9 cm³/mol. The Labute approximate surface area is 133 Å². The van der Waals surface area contributed by atoms with Crippen LogP contribution >= 0.6 is 0 Å². The summed E-state index contributed by atoms with van der Waals surface area (Å²) in [6.07, 6.45) is 9.39. The van der Waals surface area contributed by atoms with E-state index in [4.69, 9.17) is 0 Å². The zero-order valence-corrected chi connectivity index (χ0v) is 14.2. The van der Waals surface area contributed by atoms with Gasteiger partial charge in [-0.3, -0.25) is 14.9 Å².